The quantitative estimate of drug-likeness (QED) is 0.882. The first-order chi connectivity index (χ1) is 10.6. The third-order valence-electron chi connectivity index (χ3n) is 4.11. The Morgan fingerprint density at radius 1 is 1.30 bits per heavy atom. The number of rotatable bonds is 3. The molecule has 1 aromatic carbocycles. The minimum Gasteiger partial charge on any atom is -0.451 e. The van der Waals surface area contributed by atoms with E-state index >= 15 is 0 Å². The third kappa shape index (κ3) is 4.08. The van der Waals surface area contributed by atoms with Crippen molar-refractivity contribution in [3.63, 3.8) is 0 Å². The summed E-state index contributed by atoms with van der Waals surface area (Å²) in [5, 5.41) is 6.94. The summed E-state index contributed by atoms with van der Waals surface area (Å²) in [5.41, 5.74) is 0.788. The molecule has 1 fully saturated rings. The van der Waals surface area contributed by atoms with Gasteiger partial charge in [0.25, 0.3) is 5.91 Å². The smallest absolute Gasteiger partial charge is 0.287 e. The average Bonchev–Trinajstić information content (AvgIpc) is 3.00. The van der Waals surface area contributed by atoms with Gasteiger partial charge < -0.3 is 15.1 Å². The van der Waals surface area contributed by atoms with E-state index in [9.17, 15) is 4.79 Å². The van der Waals surface area contributed by atoms with Crippen LogP contribution in [0.3, 0.4) is 0 Å². The van der Waals surface area contributed by atoms with Crippen LogP contribution in [0.1, 0.15) is 23.9 Å². The van der Waals surface area contributed by atoms with Crippen molar-refractivity contribution in [2.75, 3.05) is 13.1 Å². The van der Waals surface area contributed by atoms with Crippen LogP contribution in [0.15, 0.2) is 40.8 Å². The minimum atomic E-state index is -0.182. The molecule has 1 aromatic heterocycles. The first-order valence-electron chi connectivity index (χ1n) is 7.51. The van der Waals surface area contributed by atoms with E-state index in [0.29, 0.717) is 22.5 Å². The van der Waals surface area contributed by atoms with Gasteiger partial charge in [-0.25, -0.2) is 0 Å². The lowest BCUT2D eigenvalue weighted by molar-refractivity contribution is 0.0888. The largest absolute Gasteiger partial charge is 0.451 e. The molecule has 23 heavy (non-hydrogen) atoms. The van der Waals surface area contributed by atoms with Gasteiger partial charge in [-0.1, -0.05) is 30.7 Å². The Kier molecular flexibility index (Phi) is 6.10. The van der Waals surface area contributed by atoms with Crippen molar-refractivity contribution < 1.29 is 9.21 Å². The number of halogens is 2. The molecule has 0 saturated carbocycles. The standard InChI is InChI=1S/C17H19ClN2O2.ClH/c1-11-8-9-19-10-14(11)20-17(21)16-7-6-15(22-16)12-4-2-3-5-13(12)18;/h2-7,11,14,19H,8-10H2,1H3,(H,20,21);1H. The van der Waals surface area contributed by atoms with Crippen LogP contribution in [-0.4, -0.2) is 25.0 Å². The van der Waals surface area contributed by atoms with Crippen LogP contribution in [0.4, 0.5) is 0 Å². The maximum Gasteiger partial charge on any atom is 0.287 e. The Morgan fingerprint density at radius 2 is 2.09 bits per heavy atom. The molecule has 2 unspecified atom stereocenters. The van der Waals surface area contributed by atoms with Crippen LogP contribution in [0.5, 0.6) is 0 Å². The van der Waals surface area contributed by atoms with Crippen molar-refractivity contribution in [3.8, 4) is 11.3 Å². The summed E-state index contributed by atoms with van der Waals surface area (Å²) in [6.07, 6.45) is 1.06. The molecule has 124 valence electrons. The Hall–Kier alpha value is -1.49. The number of hydrogen-bond donors (Lipinski definition) is 2. The highest BCUT2D eigenvalue weighted by Crippen LogP contribution is 2.29. The van der Waals surface area contributed by atoms with Crippen molar-refractivity contribution in [2.24, 2.45) is 5.92 Å². The molecule has 3 rings (SSSR count). The lowest BCUT2D eigenvalue weighted by atomic mass is 9.95. The fourth-order valence-corrected chi connectivity index (χ4v) is 2.92. The normalized spacial score (nSPS) is 20.6. The molecule has 1 saturated heterocycles. The van der Waals surface area contributed by atoms with Crippen LogP contribution in [0.2, 0.25) is 5.02 Å². The summed E-state index contributed by atoms with van der Waals surface area (Å²) in [5.74, 6) is 1.19. The number of amides is 1. The maximum absolute atomic E-state index is 12.3. The van der Waals surface area contributed by atoms with Gasteiger partial charge in [0.15, 0.2) is 5.76 Å². The summed E-state index contributed by atoms with van der Waals surface area (Å²) in [6.45, 7) is 3.96. The van der Waals surface area contributed by atoms with Gasteiger partial charge in [0, 0.05) is 18.2 Å². The zero-order valence-corrected chi connectivity index (χ0v) is 14.4. The SMILES string of the molecule is CC1CCNCC1NC(=O)c1ccc(-c2ccccc2Cl)o1.Cl. The van der Waals surface area contributed by atoms with Gasteiger partial charge in [-0.15, -0.1) is 12.4 Å². The van der Waals surface area contributed by atoms with Crippen molar-refractivity contribution in [2.45, 2.75) is 19.4 Å². The fourth-order valence-electron chi connectivity index (χ4n) is 2.69. The second-order valence-corrected chi connectivity index (χ2v) is 6.10. The molecule has 0 bridgehead atoms. The molecule has 0 aliphatic carbocycles. The van der Waals surface area contributed by atoms with Gasteiger partial charge in [-0.2, -0.15) is 0 Å². The number of furan rings is 1. The second-order valence-electron chi connectivity index (χ2n) is 5.69. The molecule has 1 aliphatic rings. The van der Waals surface area contributed by atoms with Gasteiger partial charge in [-0.05, 0) is 43.1 Å². The summed E-state index contributed by atoms with van der Waals surface area (Å²) in [6, 6.07) is 11.0. The van der Waals surface area contributed by atoms with Gasteiger partial charge in [0.1, 0.15) is 5.76 Å². The molecule has 1 amide bonds. The lowest BCUT2D eigenvalue weighted by Gasteiger charge is -2.29. The topological polar surface area (TPSA) is 54.3 Å². The number of benzene rings is 1. The van der Waals surface area contributed by atoms with E-state index in [2.05, 4.69) is 17.6 Å². The van der Waals surface area contributed by atoms with E-state index in [0.717, 1.165) is 25.1 Å². The Morgan fingerprint density at radius 3 is 2.83 bits per heavy atom. The zero-order chi connectivity index (χ0) is 15.5. The van der Waals surface area contributed by atoms with Crippen molar-refractivity contribution in [1.29, 1.82) is 0 Å². The van der Waals surface area contributed by atoms with Crippen LogP contribution < -0.4 is 10.6 Å². The van der Waals surface area contributed by atoms with Crippen molar-refractivity contribution in [1.82, 2.24) is 10.6 Å². The van der Waals surface area contributed by atoms with E-state index in [-0.39, 0.29) is 24.4 Å². The summed E-state index contributed by atoms with van der Waals surface area (Å²) < 4.78 is 5.67. The third-order valence-corrected chi connectivity index (χ3v) is 4.44. The zero-order valence-electron chi connectivity index (χ0n) is 12.8. The van der Waals surface area contributed by atoms with Gasteiger partial charge in [0.05, 0.1) is 5.02 Å². The second kappa shape index (κ2) is 7.86. The summed E-state index contributed by atoms with van der Waals surface area (Å²) in [4.78, 5) is 12.3. The number of hydrogen-bond acceptors (Lipinski definition) is 3. The Balaban J connectivity index is 0.00000192. The van der Waals surface area contributed by atoms with Crippen molar-refractivity contribution in [3.05, 3.63) is 47.2 Å². The molecule has 0 radical (unpaired) electrons. The molecule has 2 aromatic rings. The van der Waals surface area contributed by atoms with E-state index < -0.39 is 0 Å². The lowest BCUT2D eigenvalue weighted by Crippen LogP contribution is -2.50. The molecular formula is C17H20Cl2N2O2. The summed E-state index contributed by atoms with van der Waals surface area (Å²) >= 11 is 6.15. The molecule has 6 heteroatoms. The molecule has 0 spiro atoms. The first-order valence-corrected chi connectivity index (χ1v) is 7.89. The molecule has 1 aliphatic heterocycles. The highest BCUT2D eigenvalue weighted by Gasteiger charge is 2.24. The summed E-state index contributed by atoms with van der Waals surface area (Å²) in [7, 11) is 0. The van der Waals surface area contributed by atoms with E-state index in [4.69, 9.17) is 16.0 Å². The van der Waals surface area contributed by atoms with Crippen LogP contribution in [-0.2, 0) is 0 Å². The van der Waals surface area contributed by atoms with E-state index in [1.165, 1.54) is 0 Å². The fraction of sp³-hybridized carbons (Fsp3) is 0.353. The maximum atomic E-state index is 12.3. The average molecular weight is 355 g/mol. The van der Waals surface area contributed by atoms with Crippen LogP contribution >= 0.6 is 24.0 Å². The monoisotopic (exact) mass is 354 g/mol. The first kappa shape index (κ1) is 17.9. The predicted octanol–water partition coefficient (Wildman–Crippen LogP) is 3.75. The molecule has 2 atom stereocenters. The minimum absolute atomic E-state index is 0. The molecule has 2 heterocycles. The Labute approximate surface area is 147 Å². The van der Waals surface area contributed by atoms with Crippen LogP contribution in [0, 0.1) is 5.92 Å². The number of piperidine rings is 1. The van der Waals surface area contributed by atoms with Gasteiger partial charge in [-0.3, -0.25) is 4.79 Å². The number of nitrogens with one attached hydrogen (secondary N) is 2. The van der Waals surface area contributed by atoms with Gasteiger partial charge in [0.2, 0.25) is 0 Å². The predicted molar refractivity (Wildman–Crippen MR) is 94.3 cm³/mol. The Bertz CT molecular complexity index is 672. The molecular weight excluding hydrogens is 335 g/mol. The van der Waals surface area contributed by atoms with E-state index in [1.54, 1.807) is 18.2 Å². The number of carbonyl (C=O) groups excluding carboxylic acids is 1. The number of carbonyl (C=O) groups is 1. The molecule has 4 nitrogen and oxygen atoms in total. The van der Waals surface area contributed by atoms with Crippen molar-refractivity contribution >= 4 is 29.9 Å². The van der Waals surface area contributed by atoms with Crippen LogP contribution in [0.25, 0.3) is 11.3 Å². The molecule has 2 N–H and O–H groups in total. The van der Waals surface area contributed by atoms with Gasteiger partial charge >= 0.3 is 0 Å². The van der Waals surface area contributed by atoms with E-state index in [1.807, 2.05) is 18.2 Å². The highest BCUT2D eigenvalue weighted by atomic mass is 35.5. The highest BCUT2D eigenvalue weighted by molar-refractivity contribution is 6.33.